The van der Waals surface area contributed by atoms with Crippen molar-refractivity contribution in [2.24, 2.45) is 11.7 Å². The van der Waals surface area contributed by atoms with Gasteiger partial charge in [-0.3, -0.25) is 9.00 Å². The largest absolute Gasteiger partial charge is 0.341 e. The molecule has 1 fully saturated rings. The van der Waals surface area contributed by atoms with Crippen molar-refractivity contribution in [3.8, 4) is 0 Å². The second-order valence-corrected chi connectivity index (χ2v) is 6.15. The van der Waals surface area contributed by atoms with Crippen LogP contribution >= 0.6 is 0 Å². The van der Waals surface area contributed by atoms with Crippen LogP contribution in [0.3, 0.4) is 0 Å². The molecule has 0 spiro atoms. The molecular formula is C11H22N2O2S. The van der Waals surface area contributed by atoms with Crippen LogP contribution in [0, 0.1) is 5.92 Å². The van der Waals surface area contributed by atoms with Gasteiger partial charge < -0.3 is 10.6 Å². The van der Waals surface area contributed by atoms with Gasteiger partial charge in [0.2, 0.25) is 5.91 Å². The Labute approximate surface area is 100 Å². The molecule has 4 nitrogen and oxygen atoms in total. The first-order valence-corrected chi connectivity index (χ1v) is 7.45. The zero-order valence-corrected chi connectivity index (χ0v) is 10.8. The highest BCUT2D eigenvalue weighted by Crippen LogP contribution is 2.11. The molecule has 0 saturated carbocycles. The van der Waals surface area contributed by atoms with Crippen LogP contribution in [0.15, 0.2) is 0 Å². The summed E-state index contributed by atoms with van der Waals surface area (Å²) in [5.74, 6) is 2.02. The number of nitrogens with zero attached hydrogens (tertiary/aromatic N) is 1. The van der Waals surface area contributed by atoms with Crippen molar-refractivity contribution in [3.63, 3.8) is 0 Å². The first-order chi connectivity index (χ1) is 7.63. The molecule has 5 heteroatoms. The molecule has 1 unspecified atom stereocenters. The fourth-order valence-corrected chi connectivity index (χ4v) is 2.90. The highest BCUT2D eigenvalue weighted by molar-refractivity contribution is 7.85. The maximum atomic E-state index is 11.8. The van der Waals surface area contributed by atoms with Gasteiger partial charge in [0, 0.05) is 41.8 Å². The molecule has 0 aliphatic carbocycles. The number of rotatable bonds is 5. The van der Waals surface area contributed by atoms with Gasteiger partial charge in [0.05, 0.1) is 0 Å². The number of carbonyl (C=O) groups excluding carboxylic acids is 1. The summed E-state index contributed by atoms with van der Waals surface area (Å²) in [5, 5.41) is 0. The van der Waals surface area contributed by atoms with Crippen LogP contribution in [0.5, 0.6) is 0 Å². The zero-order valence-electron chi connectivity index (χ0n) is 9.98. The third-order valence-electron chi connectivity index (χ3n) is 3.04. The minimum atomic E-state index is -0.704. The molecule has 2 N–H and O–H groups in total. The molecule has 1 aliphatic rings. The van der Waals surface area contributed by atoms with E-state index in [-0.39, 0.29) is 5.91 Å². The van der Waals surface area contributed by atoms with Gasteiger partial charge in [-0.05, 0) is 25.3 Å². The fourth-order valence-electron chi connectivity index (χ4n) is 1.84. The number of carbonyl (C=O) groups is 1. The van der Waals surface area contributed by atoms with Crippen molar-refractivity contribution in [2.75, 3.05) is 31.1 Å². The van der Waals surface area contributed by atoms with Crippen LogP contribution in [-0.4, -0.2) is 46.2 Å². The van der Waals surface area contributed by atoms with E-state index in [9.17, 15) is 9.00 Å². The van der Waals surface area contributed by atoms with Crippen LogP contribution in [0.25, 0.3) is 0 Å². The third-order valence-corrected chi connectivity index (χ3v) is 4.32. The highest BCUT2D eigenvalue weighted by Gasteiger charge is 2.19. The van der Waals surface area contributed by atoms with E-state index in [4.69, 9.17) is 5.73 Å². The quantitative estimate of drug-likeness (QED) is 0.761. The highest BCUT2D eigenvalue weighted by atomic mass is 32.2. The number of hydrogen-bond donors (Lipinski definition) is 1. The molecule has 1 aliphatic heterocycles. The summed E-state index contributed by atoms with van der Waals surface area (Å²) in [6.07, 6.45) is 2.50. The predicted molar refractivity (Wildman–Crippen MR) is 66.5 cm³/mol. The Morgan fingerprint density at radius 2 is 2.00 bits per heavy atom. The maximum absolute atomic E-state index is 11.8. The van der Waals surface area contributed by atoms with Gasteiger partial charge in [0.15, 0.2) is 0 Å². The standard InChI is InChI=1S/C11H22N2O2S/c1-10(4-5-12)2-3-11(14)13-6-8-16(15)9-7-13/h10H,2-9,12H2,1H3. The lowest BCUT2D eigenvalue weighted by molar-refractivity contribution is -0.131. The van der Waals surface area contributed by atoms with Crippen molar-refractivity contribution in [1.29, 1.82) is 0 Å². The Morgan fingerprint density at radius 3 is 2.56 bits per heavy atom. The molecule has 0 radical (unpaired) electrons. The molecule has 0 aromatic rings. The van der Waals surface area contributed by atoms with Crippen LogP contribution in [-0.2, 0) is 15.6 Å². The smallest absolute Gasteiger partial charge is 0.222 e. The van der Waals surface area contributed by atoms with Gasteiger partial charge in [-0.1, -0.05) is 6.92 Å². The molecule has 1 rings (SSSR count). The van der Waals surface area contributed by atoms with E-state index in [0.29, 0.717) is 43.5 Å². The second kappa shape index (κ2) is 7.01. The SMILES string of the molecule is CC(CCN)CCC(=O)N1CCS(=O)CC1. The topological polar surface area (TPSA) is 63.4 Å². The lowest BCUT2D eigenvalue weighted by Crippen LogP contribution is -2.41. The molecule has 0 aromatic carbocycles. The summed E-state index contributed by atoms with van der Waals surface area (Å²) in [6.45, 7) is 4.15. The molecule has 1 saturated heterocycles. The van der Waals surface area contributed by atoms with Crippen molar-refractivity contribution in [2.45, 2.75) is 26.2 Å². The van der Waals surface area contributed by atoms with Crippen molar-refractivity contribution < 1.29 is 9.00 Å². The van der Waals surface area contributed by atoms with Gasteiger partial charge in [0.1, 0.15) is 0 Å². The van der Waals surface area contributed by atoms with E-state index in [0.717, 1.165) is 12.8 Å². The summed E-state index contributed by atoms with van der Waals surface area (Å²) < 4.78 is 11.1. The molecule has 1 atom stereocenters. The molecule has 1 heterocycles. The first kappa shape index (κ1) is 13.6. The number of hydrogen-bond acceptors (Lipinski definition) is 3. The monoisotopic (exact) mass is 246 g/mol. The van der Waals surface area contributed by atoms with Crippen LogP contribution in [0.2, 0.25) is 0 Å². The average molecular weight is 246 g/mol. The Morgan fingerprint density at radius 1 is 1.38 bits per heavy atom. The van der Waals surface area contributed by atoms with Crippen LogP contribution in [0.4, 0.5) is 0 Å². The van der Waals surface area contributed by atoms with Gasteiger partial charge in [-0.25, -0.2) is 0 Å². The first-order valence-electron chi connectivity index (χ1n) is 5.96. The van der Waals surface area contributed by atoms with E-state index < -0.39 is 10.8 Å². The lowest BCUT2D eigenvalue weighted by atomic mass is 10.0. The van der Waals surface area contributed by atoms with E-state index in [1.807, 2.05) is 4.90 Å². The van der Waals surface area contributed by atoms with Gasteiger partial charge in [-0.15, -0.1) is 0 Å². The van der Waals surface area contributed by atoms with Gasteiger partial charge in [-0.2, -0.15) is 0 Å². The summed E-state index contributed by atoms with van der Waals surface area (Å²) in [7, 11) is -0.704. The normalized spacial score (nSPS) is 19.8. The van der Waals surface area contributed by atoms with Crippen LogP contribution in [0.1, 0.15) is 26.2 Å². The van der Waals surface area contributed by atoms with E-state index in [1.165, 1.54) is 0 Å². The van der Waals surface area contributed by atoms with Crippen molar-refractivity contribution >= 4 is 16.7 Å². The summed E-state index contributed by atoms with van der Waals surface area (Å²) in [5.41, 5.74) is 5.46. The summed E-state index contributed by atoms with van der Waals surface area (Å²) >= 11 is 0. The summed E-state index contributed by atoms with van der Waals surface area (Å²) in [6, 6.07) is 0. The molecule has 0 aromatic heterocycles. The van der Waals surface area contributed by atoms with Crippen molar-refractivity contribution in [1.82, 2.24) is 4.90 Å². The molecule has 0 bridgehead atoms. The molecule has 16 heavy (non-hydrogen) atoms. The predicted octanol–water partition coefficient (Wildman–Crippen LogP) is 0.342. The number of nitrogens with two attached hydrogens (primary N) is 1. The van der Waals surface area contributed by atoms with E-state index in [1.54, 1.807) is 0 Å². The zero-order chi connectivity index (χ0) is 12.0. The molecular weight excluding hydrogens is 224 g/mol. The fraction of sp³-hybridized carbons (Fsp3) is 0.909. The maximum Gasteiger partial charge on any atom is 0.222 e. The third kappa shape index (κ3) is 4.61. The minimum Gasteiger partial charge on any atom is -0.341 e. The Balaban J connectivity index is 2.22. The van der Waals surface area contributed by atoms with Gasteiger partial charge in [0.25, 0.3) is 0 Å². The lowest BCUT2D eigenvalue weighted by Gasteiger charge is -2.26. The Bertz CT molecular complexity index is 248. The van der Waals surface area contributed by atoms with Crippen LogP contribution < -0.4 is 5.73 Å². The number of amides is 1. The Hall–Kier alpha value is -0.420. The van der Waals surface area contributed by atoms with E-state index >= 15 is 0 Å². The summed E-state index contributed by atoms with van der Waals surface area (Å²) in [4.78, 5) is 13.7. The van der Waals surface area contributed by atoms with Gasteiger partial charge >= 0.3 is 0 Å². The Kier molecular flexibility index (Phi) is 5.98. The van der Waals surface area contributed by atoms with Crippen molar-refractivity contribution in [3.05, 3.63) is 0 Å². The second-order valence-electron chi connectivity index (χ2n) is 4.45. The molecule has 94 valence electrons. The van der Waals surface area contributed by atoms with E-state index in [2.05, 4.69) is 6.92 Å². The minimum absolute atomic E-state index is 0.209. The molecule has 1 amide bonds. The average Bonchev–Trinajstić information content (AvgIpc) is 2.27.